The van der Waals surface area contributed by atoms with Crippen molar-refractivity contribution in [3.05, 3.63) is 52.0 Å². The highest BCUT2D eigenvalue weighted by Gasteiger charge is 2.42. The van der Waals surface area contributed by atoms with Crippen molar-refractivity contribution in [2.24, 2.45) is 0 Å². The first-order chi connectivity index (χ1) is 13.7. The Morgan fingerprint density at radius 1 is 0.750 bits per heavy atom. The Kier molecular flexibility index (Phi) is 7.62. The molecule has 0 spiro atoms. The van der Waals surface area contributed by atoms with Crippen LogP contribution in [0.25, 0.3) is 11.1 Å². The van der Waals surface area contributed by atoms with E-state index in [1.165, 1.54) is 90.9 Å². The summed E-state index contributed by atoms with van der Waals surface area (Å²) < 4.78 is 6.82. The lowest BCUT2D eigenvalue weighted by molar-refractivity contribution is 0.392. The normalized spacial score (nSPS) is 14.0. The molecule has 0 atom stereocenters. The van der Waals surface area contributed by atoms with Gasteiger partial charge in [0.15, 0.2) is 0 Å². The Morgan fingerprint density at radius 2 is 1.32 bits per heavy atom. The lowest BCUT2D eigenvalue weighted by Gasteiger charge is -2.33. The van der Waals surface area contributed by atoms with E-state index in [0.717, 1.165) is 5.75 Å². The number of benzene rings is 2. The first-order valence-electron chi connectivity index (χ1n) is 11.1. The summed E-state index contributed by atoms with van der Waals surface area (Å²) in [6.45, 7) is 4.59. The van der Waals surface area contributed by atoms with Gasteiger partial charge in [0.25, 0.3) is 0 Å². The zero-order chi connectivity index (χ0) is 20.0. The van der Waals surface area contributed by atoms with Gasteiger partial charge in [-0.2, -0.15) is 0 Å². The monoisotopic (exact) mass is 442 g/mol. The van der Waals surface area contributed by atoms with E-state index in [1.807, 2.05) is 0 Å². The summed E-state index contributed by atoms with van der Waals surface area (Å²) in [7, 11) is 1.78. The van der Waals surface area contributed by atoms with Gasteiger partial charge < -0.3 is 4.74 Å². The summed E-state index contributed by atoms with van der Waals surface area (Å²) in [6.07, 6.45) is 13.0. The quantitative estimate of drug-likeness (QED) is 0.316. The first-order valence-corrected chi connectivity index (χ1v) is 11.9. The lowest BCUT2D eigenvalue weighted by atomic mass is 9.70. The number of ether oxygens (including phenoxy) is 1. The lowest BCUT2D eigenvalue weighted by Crippen LogP contribution is -2.25. The van der Waals surface area contributed by atoms with Gasteiger partial charge in [-0.15, -0.1) is 0 Å². The van der Waals surface area contributed by atoms with Crippen LogP contribution in [0.4, 0.5) is 0 Å². The molecule has 0 aliphatic heterocycles. The second-order valence-corrected chi connectivity index (χ2v) is 9.22. The molecule has 1 aliphatic rings. The SMILES string of the molecule is CCCCCCC1(CCCCCC)c2cc(Br)ccc2-c2ccc(OC)cc21. The van der Waals surface area contributed by atoms with Crippen LogP contribution < -0.4 is 4.74 Å². The van der Waals surface area contributed by atoms with Gasteiger partial charge in [-0.25, -0.2) is 0 Å². The molecule has 1 nitrogen and oxygen atoms in total. The van der Waals surface area contributed by atoms with Gasteiger partial charge >= 0.3 is 0 Å². The van der Waals surface area contributed by atoms with Crippen LogP contribution in [0.1, 0.15) is 89.2 Å². The molecule has 0 N–H and O–H groups in total. The molecule has 0 fully saturated rings. The molecule has 0 bridgehead atoms. The minimum absolute atomic E-state index is 0.129. The Balaban J connectivity index is 2.05. The standard InChI is InChI=1S/C26H35BrO/c1-4-6-8-10-16-26(17-11-9-7-5-2)24-18-20(27)12-14-22(24)23-15-13-21(28-3)19-25(23)26/h12-15,18-19H,4-11,16-17H2,1-3H3. The van der Waals surface area contributed by atoms with Crippen molar-refractivity contribution < 1.29 is 4.74 Å². The third-order valence-corrected chi connectivity index (χ3v) is 6.94. The maximum Gasteiger partial charge on any atom is 0.119 e. The summed E-state index contributed by atoms with van der Waals surface area (Å²) in [4.78, 5) is 0. The van der Waals surface area contributed by atoms with Crippen molar-refractivity contribution in [1.82, 2.24) is 0 Å². The molecule has 0 saturated heterocycles. The number of halogens is 1. The zero-order valence-corrected chi connectivity index (χ0v) is 19.4. The fourth-order valence-corrected chi connectivity index (χ4v) is 5.31. The number of hydrogen-bond donors (Lipinski definition) is 0. The van der Waals surface area contributed by atoms with E-state index in [1.54, 1.807) is 7.11 Å². The summed E-state index contributed by atoms with van der Waals surface area (Å²) >= 11 is 3.75. The van der Waals surface area contributed by atoms with Crippen molar-refractivity contribution in [2.45, 2.75) is 83.5 Å². The largest absolute Gasteiger partial charge is 0.497 e. The zero-order valence-electron chi connectivity index (χ0n) is 17.8. The average molecular weight is 443 g/mol. The average Bonchev–Trinajstić information content (AvgIpc) is 2.97. The van der Waals surface area contributed by atoms with E-state index in [4.69, 9.17) is 4.74 Å². The minimum Gasteiger partial charge on any atom is -0.497 e. The smallest absolute Gasteiger partial charge is 0.119 e. The Bertz CT molecular complexity index is 768. The van der Waals surface area contributed by atoms with Crippen LogP contribution in [-0.2, 0) is 5.41 Å². The second kappa shape index (κ2) is 9.96. The van der Waals surface area contributed by atoms with Crippen molar-refractivity contribution in [3.63, 3.8) is 0 Å². The van der Waals surface area contributed by atoms with Crippen LogP contribution in [-0.4, -0.2) is 7.11 Å². The highest BCUT2D eigenvalue weighted by molar-refractivity contribution is 9.10. The molecule has 2 aromatic rings. The van der Waals surface area contributed by atoms with E-state index >= 15 is 0 Å². The number of rotatable bonds is 11. The number of fused-ring (bicyclic) bond motifs is 3. The Morgan fingerprint density at radius 3 is 1.89 bits per heavy atom. The molecule has 0 radical (unpaired) electrons. The van der Waals surface area contributed by atoms with Gasteiger partial charge in [0.2, 0.25) is 0 Å². The van der Waals surface area contributed by atoms with E-state index in [-0.39, 0.29) is 5.41 Å². The third kappa shape index (κ3) is 4.32. The third-order valence-electron chi connectivity index (χ3n) is 6.44. The van der Waals surface area contributed by atoms with Gasteiger partial charge in [-0.1, -0.05) is 93.3 Å². The van der Waals surface area contributed by atoms with Crippen molar-refractivity contribution >= 4 is 15.9 Å². The van der Waals surface area contributed by atoms with Crippen molar-refractivity contribution in [3.8, 4) is 16.9 Å². The fraction of sp³-hybridized carbons (Fsp3) is 0.538. The van der Waals surface area contributed by atoms with Crippen LogP contribution >= 0.6 is 15.9 Å². The minimum atomic E-state index is 0.129. The summed E-state index contributed by atoms with van der Waals surface area (Å²) in [5.74, 6) is 0.983. The summed E-state index contributed by atoms with van der Waals surface area (Å²) in [5, 5.41) is 0. The van der Waals surface area contributed by atoms with E-state index in [0.29, 0.717) is 0 Å². The molecule has 0 saturated carbocycles. The molecule has 2 heteroatoms. The molecule has 0 aromatic heterocycles. The van der Waals surface area contributed by atoms with Gasteiger partial charge in [0.05, 0.1) is 7.11 Å². The molecule has 0 amide bonds. The van der Waals surface area contributed by atoms with Crippen LogP contribution in [0.3, 0.4) is 0 Å². The fourth-order valence-electron chi connectivity index (χ4n) is 4.94. The van der Waals surface area contributed by atoms with Gasteiger partial charge in [0, 0.05) is 9.89 Å². The molecule has 1 aliphatic carbocycles. The number of methoxy groups -OCH3 is 1. The highest BCUT2D eigenvalue weighted by Crippen LogP contribution is 2.55. The molecule has 28 heavy (non-hydrogen) atoms. The van der Waals surface area contributed by atoms with Crippen molar-refractivity contribution in [1.29, 1.82) is 0 Å². The molecule has 0 unspecified atom stereocenters. The predicted molar refractivity (Wildman–Crippen MR) is 124 cm³/mol. The maximum atomic E-state index is 5.63. The topological polar surface area (TPSA) is 9.23 Å². The van der Waals surface area contributed by atoms with Gasteiger partial charge in [-0.05, 0) is 59.4 Å². The second-order valence-electron chi connectivity index (χ2n) is 8.30. The van der Waals surface area contributed by atoms with E-state index in [9.17, 15) is 0 Å². The molecular formula is C26H35BrO. The molecule has 2 aromatic carbocycles. The molecular weight excluding hydrogens is 408 g/mol. The highest BCUT2D eigenvalue weighted by atomic mass is 79.9. The molecule has 0 heterocycles. The summed E-state index contributed by atoms with van der Waals surface area (Å²) in [6, 6.07) is 13.6. The predicted octanol–water partition coefficient (Wildman–Crippen LogP) is 8.67. The Labute approximate surface area is 180 Å². The molecule has 3 rings (SSSR count). The van der Waals surface area contributed by atoms with Crippen LogP contribution in [0.15, 0.2) is 40.9 Å². The van der Waals surface area contributed by atoms with Crippen LogP contribution in [0, 0.1) is 0 Å². The first kappa shape index (κ1) is 21.4. The van der Waals surface area contributed by atoms with E-state index < -0.39 is 0 Å². The van der Waals surface area contributed by atoms with Crippen molar-refractivity contribution in [2.75, 3.05) is 7.11 Å². The van der Waals surface area contributed by atoms with Gasteiger partial charge in [0.1, 0.15) is 5.75 Å². The number of hydrogen-bond acceptors (Lipinski definition) is 1. The van der Waals surface area contributed by atoms with E-state index in [2.05, 4.69) is 66.2 Å². The molecule has 152 valence electrons. The summed E-state index contributed by atoms with van der Waals surface area (Å²) in [5.41, 5.74) is 5.98. The van der Waals surface area contributed by atoms with Crippen LogP contribution in [0.5, 0.6) is 5.75 Å². The maximum absolute atomic E-state index is 5.63. The van der Waals surface area contributed by atoms with Gasteiger partial charge in [-0.3, -0.25) is 0 Å². The number of unbranched alkanes of at least 4 members (excludes halogenated alkanes) is 6. The Hall–Kier alpha value is -1.28. The van der Waals surface area contributed by atoms with Crippen LogP contribution in [0.2, 0.25) is 0 Å².